The van der Waals surface area contributed by atoms with Crippen LogP contribution in [-0.2, 0) is 21.7 Å². The molecule has 0 radical (unpaired) electrons. The SMILES string of the molecule is C.CC(C)(C)c1cc(C(C)(C)C)on1.CC(C)(C)c1cc(C(C)(C)C)on1. The second-order valence-electron chi connectivity index (χ2n) is 11.2. The topological polar surface area (TPSA) is 52.1 Å². The Kier molecular flexibility index (Phi) is 7.72. The van der Waals surface area contributed by atoms with Crippen molar-refractivity contribution < 1.29 is 9.05 Å². The molecule has 0 aliphatic carbocycles. The first kappa shape index (κ1) is 25.4. The predicted octanol–water partition coefficient (Wildman–Crippen LogP) is 7.18. The number of hydrogen-bond donors (Lipinski definition) is 0. The molecule has 0 spiro atoms. The van der Waals surface area contributed by atoms with Crippen LogP contribution >= 0.6 is 0 Å². The fourth-order valence-electron chi connectivity index (χ4n) is 1.96. The van der Waals surface area contributed by atoms with Crippen LogP contribution in [0.1, 0.15) is 113 Å². The van der Waals surface area contributed by atoms with E-state index in [1.807, 2.05) is 0 Å². The van der Waals surface area contributed by atoms with Crippen molar-refractivity contribution in [1.82, 2.24) is 10.3 Å². The van der Waals surface area contributed by atoms with E-state index >= 15 is 0 Å². The molecular weight excluding hydrogens is 336 g/mol. The zero-order valence-electron chi connectivity index (χ0n) is 18.9. The first-order valence-electron chi connectivity index (χ1n) is 9.38. The van der Waals surface area contributed by atoms with E-state index in [0.29, 0.717) is 0 Å². The van der Waals surface area contributed by atoms with E-state index in [-0.39, 0.29) is 29.1 Å². The van der Waals surface area contributed by atoms with Crippen molar-refractivity contribution in [2.75, 3.05) is 0 Å². The molecule has 2 heterocycles. The van der Waals surface area contributed by atoms with E-state index in [1.54, 1.807) is 0 Å². The van der Waals surface area contributed by atoms with E-state index in [9.17, 15) is 0 Å². The van der Waals surface area contributed by atoms with Gasteiger partial charge in [-0.1, -0.05) is 101 Å². The third-order valence-electron chi connectivity index (χ3n) is 4.04. The maximum absolute atomic E-state index is 5.31. The van der Waals surface area contributed by atoms with E-state index in [2.05, 4.69) is 106 Å². The van der Waals surface area contributed by atoms with Crippen molar-refractivity contribution in [3.8, 4) is 0 Å². The Balaban J connectivity index is 0.000000483. The van der Waals surface area contributed by atoms with Crippen LogP contribution in [0.25, 0.3) is 0 Å². The van der Waals surface area contributed by atoms with Gasteiger partial charge in [0.15, 0.2) is 0 Å². The van der Waals surface area contributed by atoms with E-state index in [1.165, 1.54) is 0 Å². The Morgan fingerprint density at radius 2 is 0.778 bits per heavy atom. The third kappa shape index (κ3) is 7.51. The summed E-state index contributed by atoms with van der Waals surface area (Å²) in [5.74, 6) is 1.91. The smallest absolute Gasteiger partial charge is 0.142 e. The number of aromatic nitrogens is 2. The van der Waals surface area contributed by atoms with Crippen LogP contribution in [0.5, 0.6) is 0 Å². The molecule has 0 atom stereocenters. The zero-order valence-corrected chi connectivity index (χ0v) is 18.9. The Morgan fingerprint density at radius 1 is 0.519 bits per heavy atom. The zero-order chi connectivity index (χ0) is 20.6. The van der Waals surface area contributed by atoms with Gasteiger partial charge < -0.3 is 9.05 Å². The molecule has 2 aromatic rings. The van der Waals surface area contributed by atoms with Crippen LogP contribution in [-0.4, -0.2) is 10.3 Å². The summed E-state index contributed by atoms with van der Waals surface area (Å²) in [6.45, 7) is 25.6. The molecule has 4 nitrogen and oxygen atoms in total. The standard InChI is InChI=1S/2C11H19NO.CH4/c2*1-10(2,3)8-7-9(13-12-8)11(4,5)6;/h2*7H,1-6H3;1H4. The molecule has 0 bridgehead atoms. The van der Waals surface area contributed by atoms with E-state index in [4.69, 9.17) is 9.05 Å². The van der Waals surface area contributed by atoms with Gasteiger partial charge in [-0.3, -0.25) is 0 Å². The van der Waals surface area contributed by atoms with Gasteiger partial charge >= 0.3 is 0 Å². The summed E-state index contributed by atoms with van der Waals surface area (Å²) in [7, 11) is 0. The minimum atomic E-state index is 0. The van der Waals surface area contributed by atoms with E-state index in [0.717, 1.165) is 22.9 Å². The van der Waals surface area contributed by atoms with Crippen LogP contribution < -0.4 is 0 Å². The Hall–Kier alpha value is -1.58. The van der Waals surface area contributed by atoms with Crippen molar-refractivity contribution in [3.63, 3.8) is 0 Å². The van der Waals surface area contributed by atoms with Gasteiger partial charge in [-0.15, -0.1) is 0 Å². The summed E-state index contributed by atoms with van der Waals surface area (Å²) in [4.78, 5) is 0. The van der Waals surface area contributed by atoms with Gasteiger partial charge in [0.2, 0.25) is 0 Å². The molecule has 27 heavy (non-hydrogen) atoms. The van der Waals surface area contributed by atoms with Crippen molar-refractivity contribution in [1.29, 1.82) is 0 Å². The lowest BCUT2D eigenvalue weighted by atomic mass is 9.88. The highest BCUT2D eigenvalue weighted by Gasteiger charge is 2.25. The summed E-state index contributed by atoms with van der Waals surface area (Å²) in [6.07, 6.45) is 0. The summed E-state index contributed by atoms with van der Waals surface area (Å²) < 4.78 is 10.6. The molecule has 0 unspecified atom stereocenters. The van der Waals surface area contributed by atoms with E-state index < -0.39 is 0 Å². The second kappa shape index (κ2) is 8.20. The van der Waals surface area contributed by atoms with Crippen LogP contribution in [0.2, 0.25) is 0 Å². The lowest BCUT2D eigenvalue weighted by Gasteiger charge is -2.14. The maximum atomic E-state index is 5.31. The highest BCUT2D eigenvalue weighted by Crippen LogP contribution is 2.29. The normalized spacial score (nSPS) is 12.9. The average molecular weight is 379 g/mol. The van der Waals surface area contributed by atoms with Crippen LogP contribution in [0, 0.1) is 0 Å². The van der Waals surface area contributed by atoms with Crippen molar-refractivity contribution >= 4 is 0 Å². The predicted molar refractivity (Wildman–Crippen MR) is 115 cm³/mol. The first-order chi connectivity index (χ1) is 11.4. The Morgan fingerprint density at radius 3 is 0.889 bits per heavy atom. The molecule has 2 rings (SSSR count). The maximum Gasteiger partial charge on any atom is 0.142 e. The number of nitrogens with zero attached hydrogens (tertiary/aromatic N) is 2. The molecular formula is C23H42N2O2. The molecule has 0 N–H and O–H groups in total. The number of hydrogen-bond acceptors (Lipinski definition) is 4. The Labute approximate surface area is 167 Å². The van der Waals surface area contributed by atoms with Gasteiger partial charge in [0.25, 0.3) is 0 Å². The van der Waals surface area contributed by atoms with Gasteiger partial charge in [-0.05, 0) is 0 Å². The molecule has 0 aliphatic heterocycles. The fourth-order valence-corrected chi connectivity index (χ4v) is 1.96. The summed E-state index contributed by atoms with van der Waals surface area (Å²) in [6, 6.07) is 4.11. The summed E-state index contributed by atoms with van der Waals surface area (Å²) in [5, 5.41) is 8.16. The van der Waals surface area contributed by atoms with Gasteiger partial charge in [-0.25, -0.2) is 0 Å². The molecule has 0 saturated heterocycles. The minimum absolute atomic E-state index is 0. The molecule has 156 valence electrons. The largest absolute Gasteiger partial charge is 0.361 e. The van der Waals surface area contributed by atoms with Crippen LogP contribution in [0.4, 0.5) is 0 Å². The molecule has 0 aromatic carbocycles. The molecule has 0 amide bonds. The molecule has 2 aromatic heterocycles. The minimum Gasteiger partial charge on any atom is -0.361 e. The highest BCUT2D eigenvalue weighted by molar-refractivity contribution is 5.19. The summed E-state index contributed by atoms with van der Waals surface area (Å²) >= 11 is 0. The van der Waals surface area contributed by atoms with Crippen LogP contribution in [0.3, 0.4) is 0 Å². The quantitative estimate of drug-likeness (QED) is 0.487. The second-order valence-corrected chi connectivity index (χ2v) is 11.2. The van der Waals surface area contributed by atoms with Crippen molar-refractivity contribution in [3.05, 3.63) is 35.0 Å². The first-order valence-corrected chi connectivity index (χ1v) is 9.38. The van der Waals surface area contributed by atoms with Crippen LogP contribution in [0.15, 0.2) is 21.2 Å². The third-order valence-corrected chi connectivity index (χ3v) is 4.04. The Bertz CT molecular complexity index is 577. The van der Waals surface area contributed by atoms with Crippen molar-refractivity contribution in [2.24, 2.45) is 0 Å². The van der Waals surface area contributed by atoms with Gasteiger partial charge in [0.1, 0.15) is 11.5 Å². The number of rotatable bonds is 0. The lowest BCUT2D eigenvalue weighted by Crippen LogP contribution is -2.12. The fraction of sp³-hybridized carbons (Fsp3) is 0.739. The van der Waals surface area contributed by atoms with Gasteiger partial charge in [-0.2, -0.15) is 0 Å². The average Bonchev–Trinajstić information content (AvgIpc) is 3.06. The molecule has 0 aliphatic rings. The van der Waals surface area contributed by atoms with Gasteiger partial charge in [0.05, 0.1) is 11.4 Å². The highest BCUT2D eigenvalue weighted by atomic mass is 16.5. The van der Waals surface area contributed by atoms with Gasteiger partial charge in [0, 0.05) is 33.8 Å². The van der Waals surface area contributed by atoms with Crippen molar-refractivity contribution in [2.45, 2.75) is 112 Å². The molecule has 4 heteroatoms. The molecule has 0 fully saturated rings. The molecule has 0 saturated carbocycles. The lowest BCUT2D eigenvalue weighted by molar-refractivity contribution is 0.319. The summed E-state index contributed by atoms with van der Waals surface area (Å²) in [5.41, 5.74) is 2.31. The monoisotopic (exact) mass is 378 g/mol.